The van der Waals surface area contributed by atoms with Crippen LogP contribution in [0, 0.1) is 5.82 Å². The van der Waals surface area contributed by atoms with Gasteiger partial charge in [-0.25, -0.2) is 4.39 Å². The quantitative estimate of drug-likeness (QED) is 0.878. The molecule has 0 unspecified atom stereocenters. The average Bonchev–Trinajstić information content (AvgIpc) is 2.54. The van der Waals surface area contributed by atoms with Crippen LogP contribution in [0.15, 0.2) is 18.2 Å². The van der Waals surface area contributed by atoms with Gasteiger partial charge in [-0.05, 0) is 44.0 Å². The molecule has 1 saturated heterocycles. The third kappa shape index (κ3) is 4.44. The van der Waals surface area contributed by atoms with E-state index < -0.39 is 5.82 Å². The molecule has 2 rings (SSSR count). The highest BCUT2D eigenvalue weighted by atomic mass is 19.1. The lowest BCUT2D eigenvalue weighted by atomic mass is 10.0. The van der Waals surface area contributed by atoms with Crippen LogP contribution in [0.1, 0.15) is 43.0 Å². The van der Waals surface area contributed by atoms with Gasteiger partial charge >= 0.3 is 0 Å². The monoisotopic (exact) mass is 308 g/mol. The minimum absolute atomic E-state index is 0.154. The number of nitrogens with one attached hydrogen (secondary N) is 1. The molecule has 1 fully saturated rings. The van der Waals surface area contributed by atoms with Crippen LogP contribution in [0.5, 0.6) is 5.75 Å². The van der Waals surface area contributed by atoms with Gasteiger partial charge in [0.05, 0.1) is 7.11 Å². The number of benzene rings is 1. The smallest absolute Gasteiger partial charge is 0.251 e. The van der Waals surface area contributed by atoms with Crippen LogP contribution in [0.2, 0.25) is 0 Å². The Morgan fingerprint density at radius 2 is 2.14 bits per heavy atom. The molecule has 122 valence electrons. The second kappa shape index (κ2) is 8.13. The van der Waals surface area contributed by atoms with Crippen LogP contribution in [0.3, 0.4) is 0 Å². The summed E-state index contributed by atoms with van der Waals surface area (Å²) in [6.45, 7) is 5.37. The molecule has 0 spiro atoms. The number of hydrogen-bond donors (Lipinski definition) is 1. The molecular formula is C17H25FN2O2. The van der Waals surface area contributed by atoms with Crippen molar-refractivity contribution in [1.29, 1.82) is 0 Å². The number of carbonyl (C=O) groups excluding carboxylic acids is 1. The highest BCUT2D eigenvalue weighted by Gasteiger charge is 2.21. The molecule has 0 aliphatic carbocycles. The minimum Gasteiger partial charge on any atom is -0.494 e. The number of piperidine rings is 1. The predicted octanol–water partition coefficient (Wildman–Crippen LogP) is 2.83. The van der Waals surface area contributed by atoms with E-state index in [9.17, 15) is 9.18 Å². The van der Waals surface area contributed by atoms with Crippen LogP contribution < -0.4 is 10.1 Å². The first kappa shape index (κ1) is 16.7. The van der Waals surface area contributed by atoms with Crippen molar-refractivity contribution in [2.45, 2.75) is 38.6 Å². The fourth-order valence-electron chi connectivity index (χ4n) is 2.76. The molecule has 0 bridgehead atoms. The SMILES string of the molecule is CCCCN1CCC(NC(=O)c2ccc(OC)c(F)c2)CC1. The zero-order valence-corrected chi connectivity index (χ0v) is 13.4. The number of likely N-dealkylation sites (tertiary alicyclic amines) is 1. The number of ether oxygens (including phenoxy) is 1. The molecule has 1 amide bonds. The molecule has 4 nitrogen and oxygen atoms in total. The van der Waals surface area contributed by atoms with Crippen molar-refractivity contribution in [2.75, 3.05) is 26.7 Å². The highest BCUT2D eigenvalue weighted by Crippen LogP contribution is 2.18. The van der Waals surface area contributed by atoms with Crippen LogP contribution in [-0.4, -0.2) is 43.6 Å². The zero-order valence-electron chi connectivity index (χ0n) is 13.4. The van der Waals surface area contributed by atoms with E-state index in [1.54, 1.807) is 6.07 Å². The van der Waals surface area contributed by atoms with Crippen molar-refractivity contribution in [1.82, 2.24) is 10.2 Å². The largest absolute Gasteiger partial charge is 0.494 e. The van der Waals surface area contributed by atoms with Crippen molar-refractivity contribution < 1.29 is 13.9 Å². The molecule has 22 heavy (non-hydrogen) atoms. The number of carbonyl (C=O) groups is 1. The van der Waals surface area contributed by atoms with Gasteiger partial charge < -0.3 is 15.0 Å². The first-order valence-electron chi connectivity index (χ1n) is 8.00. The second-order valence-electron chi connectivity index (χ2n) is 5.79. The first-order valence-corrected chi connectivity index (χ1v) is 8.00. The van der Waals surface area contributed by atoms with Gasteiger partial charge in [0.1, 0.15) is 0 Å². The van der Waals surface area contributed by atoms with Crippen molar-refractivity contribution in [3.63, 3.8) is 0 Å². The van der Waals surface area contributed by atoms with Crippen molar-refractivity contribution in [2.24, 2.45) is 0 Å². The van der Waals surface area contributed by atoms with Gasteiger partial charge in [-0.1, -0.05) is 13.3 Å². The van der Waals surface area contributed by atoms with Gasteiger partial charge in [-0.3, -0.25) is 4.79 Å². The number of amides is 1. The summed E-state index contributed by atoms with van der Waals surface area (Å²) >= 11 is 0. The standard InChI is InChI=1S/C17H25FN2O2/c1-3-4-9-20-10-7-14(8-11-20)19-17(21)13-5-6-16(22-2)15(18)12-13/h5-6,12,14H,3-4,7-11H2,1-2H3,(H,19,21). The van der Waals surface area contributed by atoms with Crippen molar-refractivity contribution in [3.8, 4) is 5.75 Å². The number of hydrogen-bond acceptors (Lipinski definition) is 3. The highest BCUT2D eigenvalue weighted by molar-refractivity contribution is 5.94. The van der Waals surface area contributed by atoms with E-state index in [1.165, 1.54) is 32.1 Å². The molecule has 1 N–H and O–H groups in total. The first-order chi connectivity index (χ1) is 10.6. The summed E-state index contributed by atoms with van der Waals surface area (Å²) in [6.07, 6.45) is 4.34. The van der Waals surface area contributed by atoms with Gasteiger partial charge in [0.15, 0.2) is 11.6 Å². The Balaban J connectivity index is 1.84. The Bertz CT molecular complexity index is 499. The summed E-state index contributed by atoms with van der Waals surface area (Å²) in [5, 5.41) is 3.00. The number of halogens is 1. The molecule has 1 heterocycles. The van der Waals surface area contributed by atoms with E-state index in [-0.39, 0.29) is 17.7 Å². The van der Waals surface area contributed by atoms with Crippen molar-refractivity contribution in [3.05, 3.63) is 29.6 Å². The molecular weight excluding hydrogens is 283 g/mol. The molecule has 0 radical (unpaired) electrons. The Morgan fingerprint density at radius 3 is 2.73 bits per heavy atom. The van der Waals surface area contributed by atoms with E-state index >= 15 is 0 Å². The molecule has 1 aromatic rings. The zero-order chi connectivity index (χ0) is 15.9. The molecule has 1 aliphatic rings. The second-order valence-corrected chi connectivity index (χ2v) is 5.79. The Kier molecular flexibility index (Phi) is 6.19. The molecule has 0 saturated carbocycles. The summed E-state index contributed by atoms with van der Waals surface area (Å²) in [5.74, 6) is -0.570. The lowest BCUT2D eigenvalue weighted by molar-refractivity contribution is 0.0910. The number of unbranched alkanes of at least 4 members (excludes halogenated alkanes) is 1. The van der Waals surface area contributed by atoms with E-state index in [2.05, 4.69) is 17.1 Å². The van der Waals surface area contributed by atoms with Gasteiger partial charge in [0, 0.05) is 24.7 Å². The molecule has 1 aliphatic heterocycles. The molecule has 5 heteroatoms. The summed E-state index contributed by atoms with van der Waals surface area (Å²) < 4.78 is 18.5. The van der Waals surface area contributed by atoms with Crippen molar-refractivity contribution >= 4 is 5.91 Å². The average molecular weight is 308 g/mol. The lowest BCUT2D eigenvalue weighted by Crippen LogP contribution is -2.44. The van der Waals surface area contributed by atoms with Gasteiger partial charge in [0.25, 0.3) is 5.91 Å². The summed E-state index contributed by atoms with van der Waals surface area (Å²) in [6, 6.07) is 4.48. The van der Waals surface area contributed by atoms with E-state index in [0.29, 0.717) is 5.56 Å². The minimum atomic E-state index is -0.510. The topological polar surface area (TPSA) is 41.6 Å². The number of nitrogens with zero attached hydrogens (tertiary/aromatic N) is 1. The van der Waals surface area contributed by atoms with E-state index in [0.717, 1.165) is 32.5 Å². The predicted molar refractivity (Wildman–Crippen MR) is 84.8 cm³/mol. The van der Waals surface area contributed by atoms with Gasteiger partial charge in [-0.15, -0.1) is 0 Å². The maximum Gasteiger partial charge on any atom is 0.251 e. The Morgan fingerprint density at radius 1 is 1.41 bits per heavy atom. The Hall–Kier alpha value is -1.62. The molecule has 0 atom stereocenters. The van der Waals surface area contributed by atoms with E-state index in [4.69, 9.17) is 4.74 Å². The van der Waals surface area contributed by atoms with Gasteiger partial charge in [0.2, 0.25) is 0 Å². The summed E-state index contributed by atoms with van der Waals surface area (Å²) in [5.41, 5.74) is 0.340. The Labute approximate surface area is 131 Å². The van der Waals surface area contributed by atoms with Crippen LogP contribution in [0.4, 0.5) is 4.39 Å². The number of rotatable bonds is 6. The number of methoxy groups -OCH3 is 1. The summed E-state index contributed by atoms with van der Waals surface area (Å²) in [7, 11) is 1.41. The third-order valence-corrected chi connectivity index (χ3v) is 4.16. The molecule has 1 aromatic carbocycles. The van der Waals surface area contributed by atoms with Gasteiger partial charge in [-0.2, -0.15) is 0 Å². The van der Waals surface area contributed by atoms with Crippen LogP contribution in [0.25, 0.3) is 0 Å². The van der Waals surface area contributed by atoms with Crippen LogP contribution in [-0.2, 0) is 0 Å². The fourth-order valence-corrected chi connectivity index (χ4v) is 2.76. The van der Waals surface area contributed by atoms with E-state index in [1.807, 2.05) is 0 Å². The molecule has 0 aromatic heterocycles. The lowest BCUT2D eigenvalue weighted by Gasteiger charge is -2.32. The maximum atomic E-state index is 13.6. The summed E-state index contributed by atoms with van der Waals surface area (Å²) in [4.78, 5) is 14.6. The third-order valence-electron chi connectivity index (χ3n) is 4.16. The fraction of sp³-hybridized carbons (Fsp3) is 0.588. The van der Waals surface area contributed by atoms with Crippen LogP contribution >= 0.6 is 0 Å². The normalized spacial score (nSPS) is 16.5. The maximum absolute atomic E-state index is 13.6.